The Morgan fingerprint density at radius 1 is 1.19 bits per heavy atom. The fourth-order valence-corrected chi connectivity index (χ4v) is 2.80. The molecule has 0 saturated carbocycles. The van der Waals surface area contributed by atoms with Gasteiger partial charge in [-0.1, -0.05) is 11.6 Å². The van der Waals surface area contributed by atoms with Gasteiger partial charge in [-0.05, 0) is 30.9 Å². The summed E-state index contributed by atoms with van der Waals surface area (Å²) in [4.78, 5) is 13.7. The average molecular weight is 333 g/mol. The summed E-state index contributed by atoms with van der Waals surface area (Å²) in [5.41, 5.74) is 0.0334. The van der Waals surface area contributed by atoms with Crippen molar-refractivity contribution in [3.63, 3.8) is 0 Å². The van der Waals surface area contributed by atoms with Crippen LogP contribution in [0.4, 0.5) is 14.6 Å². The number of aromatic nitrogens is 3. The van der Waals surface area contributed by atoms with Gasteiger partial charge in [0, 0.05) is 19.3 Å². The molecule has 1 saturated heterocycles. The van der Waals surface area contributed by atoms with Crippen LogP contribution in [0.15, 0.2) is 6.20 Å². The van der Waals surface area contributed by atoms with Crippen LogP contribution >= 0.6 is 23.2 Å². The first kappa shape index (κ1) is 14.7. The van der Waals surface area contributed by atoms with E-state index in [1.54, 1.807) is 0 Å². The third kappa shape index (κ3) is 2.87. The van der Waals surface area contributed by atoms with Crippen LogP contribution < -0.4 is 4.90 Å². The van der Waals surface area contributed by atoms with E-state index in [2.05, 4.69) is 15.0 Å². The maximum absolute atomic E-state index is 14.0. The summed E-state index contributed by atoms with van der Waals surface area (Å²) in [5, 5.41) is 0.0984. The molecule has 0 radical (unpaired) electrons. The summed E-state index contributed by atoms with van der Waals surface area (Å²) >= 11 is 11.6. The smallest absolute Gasteiger partial charge is 0.225 e. The Kier molecular flexibility index (Phi) is 4.08. The standard InChI is InChI=1S/C13H12Cl2F2N4/c14-11-9(17)10-8(6-18-11)12(20-13(15)19-10)21-4-1-2-7(16)3-5-21/h6-7H,1-5H2. The Morgan fingerprint density at radius 3 is 2.81 bits per heavy atom. The number of alkyl halides is 1. The van der Waals surface area contributed by atoms with E-state index in [1.807, 2.05) is 4.90 Å². The normalized spacial score (nSPS) is 19.8. The SMILES string of the molecule is Fc1c(Cl)ncc2c(N3CCCC(F)CC3)nc(Cl)nc12. The van der Waals surface area contributed by atoms with Crippen LogP contribution in [0.1, 0.15) is 19.3 Å². The number of hydrogen-bond donors (Lipinski definition) is 0. The summed E-state index contributed by atoms with van der Waals surface area (Å²) in [7, 11) is 0. The van der Waals surface area contributed by atoms with Crippen molar-refractivity contribution < 1.29 is 8.78 Å². The highest BCUT2D eigenvalue weighted by Gasteiger charge is 2.22. The van der Waals surface area contributed by atoms with Crippen molar-refractivity contribution in [2.45, 2.75) is 25.4 Å². The van der Waals surface area contributed by atoms with Crippen LogP contribution in [0.5, 0.6) is 0 Å². The molecule has 1 atom stereocenters. The van der Waals surface area contributed by atoms with E-state index >= 15 is 0 Å². The van der Waals surface area contributed by atoms with Crippen molar-refractivity contribution in [3.8, 4) is 0 Å². The highest BCUT2D eigenvalue weighted by molar-refractivity contribution is 6.30. The molecule has 4 nitrogen and oxygen atoms in total. The van der Waals surface area contributed by atoms with E-state index in [9.17, 15) is 8.78 Å². The van der Waals surface area contributed by atoms with Crippen molar-refractivity contribution in [3.05, 3.63) is 22.5 Å². The molecule has 3 rings (SSSR count). The molecule has 3 heterocycles. The van der Waals surface area contributed by atoms with Crippen molar-refractivity contribution in [2.75, 3.05) is 18.0 Å². The van der Waals surface area contributed by atoms with Crippen molar-refractivity contribution in [1.29, 1.82) is 0 Å². The van der Waals surface area contributed by atoms with Gasteiger partial charge in [-0.3, -0.25) is 0 Å². The van der Waals surface area contributed by atoms with Gasteiger partial charge in [-0.15, -0.1) is 0 Å². The minimum atomic E-state index is -0.817. The van der Waals surface area contributed by atoms with Gasteiger partial charge in [0.2, 0.25) is 5.28 Å². The van der Waals surface area contributed by atoms with Gasteiger partial charge in [0.15, 0.2) is 11.0 Å². The Hall–Kier alpha value is -1.27. The molecule has 21 heavy (non-hydrogen) atoms. The third-order valence-corrected chi connectivity index (χ3v) is 3.98. The predicted octanol–water partition coefficient (Wildman–Crippen LogP) is 3.80. The van der Waals surface area contributed by atoms with Gasteiger partial charge in [0.05, 0.1) is 5.39 Å². The molecule has 0 aromatic carbocycles. The lowest BCUT2D eigenvalue weighted by Gasteiger charge is -2.22. The Labute approximate surface area is 130 Å². The highest BCUT2D eigenvalue weighted by Crippen LogP contribution is 2.30. The quantitative estimate of drug-likeness (QED) is 0.588. The van der Waals surface area contributed by atoms with Crippen molar-refractivity contribution >= 4 is 39.9 Å². The second-order valence-corrected chi connectivity index (χ2v) is 5.65. The molecule has 0 N–H and O–H groups in total. The zero-order valence-electron chi connectivity index (χ0n) is 11.0. The first-order valence-electron chi connectivity index (χ1n) is 6.62. The number of rotatable bonds is 1. The maximum Gasteiger partial charge on any atom is 0.225 e. The van der Waals surface area contributed by atoms with Crippen molar-refractivity contribution in [1.82, 2.24) is 15.0 Å². The highest BCUT2D eigenvalue weighted by atomic mass is 35.5. The summed E-state index contributed by atoms with van der Waals surface area (Å²) in [5.74, 6) is -0.250. The second-order valence-electron chi connectivity index (χ2n) is 4.96. The molecular formula is C13H12Cl2F2N4. The fraction of sp³-hybridized carbons (Fsp3) is 0.462. The molecular weight excluding hydrogens is 321 g/mol. The summed E-state index contributed by atoms with van der Waals surface area (Å²) in [6, 6.07) is 0. The first-order chi connectivity index (χ1) is 10.1. The minimum Gasteiger partial charge on any atom is -0.356 e. The number of halogens is 4. The molecule has 1 aliphatic rings. The lowest BCUT2D eigenvalue weighted by atomic mass is 10.2. The molecule has 8 heteroatoms. The molecule has 1 aliphatic heterocycles. The molecule has 0 spiro atoms. The van der Waals surface area contributed by atoms with E-state index in [-0.39, 0.29) is 16.0 Å². The molecule has 1 unspecified atom stereocenters. The molecule has 112 valence electrons. The summed E-state index contributed by atoms with van der Waals surface area (Å²) in [6.45, 7) is 1.13. The molecule has 0 aliphatic carbocycles. The van der Waals surface area contributed by atoms with Gasteiger partial charge < -0.3 is 4.90 Å². The third-order valence-electron chi connectivity index (χ3n) is 3.55. The maximum atomic E-state index is 14.0. The summed E-state index contributed by atoms with van der Waals surface area (Å²) < 4.78 is 27.5. The van der Waals surface area contributed by atoms with Crippen LogP contribution in [0, 0.1) is 5.82 Å². The molecule has 2 aromatic rings. The number of nitrogens with zero attached hydrogens (tertiary/aromatic N) is 4. The van der Waals surface area contributed by atoms with Gasteiger partial charge >= 0.3 is 0 Å². The second kappa shape index (κ2) is 5.85. The Morgan fingerprint density at radius 2 is 2.00 bits per heavy atom. The van der Waals surface area contributed by atoms with E-state index < -0.39 is 12.0 Å². The van der Waals surface area contributed by atoms with E-state index in [1.165, 1.54) is 6.20 Å². The lowest BCUT2D eigenvalue weighted by Crippen LogP contribution is -2.26. The first-order valence-corrected chi connectivity index (χ1v) is 7.38. The number of anilines is 1. The number of pyridine rings is 1. The van der Waals surface area contributed by atoms with Gasteiger partial charge in [-0.25, -0.2) is 18.7 Å². The zero-order valence-corrected chi connectivity index (χ0v) is 12.5. The average Bonchev–Trinajstić information content (AvgIpc) is 2.67. The lowest BCUT2D eigenvalue weighted by molar-refractivity contribution is 0.307. The number of fused-ring (bicyclic) bond motifs is 1. The van der Waals surface area contributed by atoms with Crippen LogP contribution in [-0.2, 0) is 0 Å². The monoisotopic (exact) mass is 332 g/mol. The summed E-state index contributed by atoms with van der Waals surface area (Å²) in [6.07, 6.45) is 2.24. The van der Waals surface area contributed by atoms with Crippen LogP contribution in [0.3, 0.4) is 0 Å². The molecule has 2 aromatic heterocycles. The van der Waals surface area contributed by atoms with E-state index in [4.69, 9.17) is 23.2 Å². The van der Waals surface area contributed by atoms with Gasteiger partial charge in [0.1, 0.15) is 17.5 Å². The van der Waals surface area contributed by atoms with Crippen LogP contribution in [-0.4, -0.2) is 34.2 Å². The topological polar surface area (TPSA) is 41.9 Å². The van der Waals surface area contributed by atoms with Gasteiger partial charge in [0.25, 0.3) is 0 Å². The minimum absolute atomic E-state index is 0.0334. The van der Waals surface area contributed by atoms with Crippen LogP contribution in [0.2, 0.25) is 10.4 Å². The fourth-order valence-electron chi connectivity index (χ4n) is 2.50. The van der Waals surface area contributed by atoms with E-state index in [0.717, 1.165) is 0 Å². The molecule has 1 fully saturated rings. The predicted molar refractivity (Wildman–Crippen MR) is 78.3 cm³/mol. The Bertz CT molecular complexity index is 683. The van der Waals surface area contributed by atoms with Gasteiger partial charge in [-0.2, -0.15) is 4.98 Å². The molecule has 0 amide bonds. The van der Waals surface area contributed by atoms with Crippen molar-refractivity contribution in [2.24, 2.45) is 0 Å². The van der Waals surface area contributed by atoms with E-state index in [0.29, 0.717) is 43.6 Å². The molecule has 0 bridgehead atoms. The Balaban J connectivity index is 2.11. The number of hydrogen-bond acceptors (Lipinski definition) is 4. The largest absolute Gasteiger partial charge is 0.356 e. The zero-order chi connectivity index (χ0) is 15.0. The van der Waals surface area contributed by atoms with Crippen LogP contribution in [0.25, 0.3) is 10.9 Å².